The smallest absolute Gasteiger partial charge is 0.215 e. The van der Waals surface area contributed by atoms with Gasteiger partial charge in [-0.1, -0.05) is 12.1 Å². The Morgan fingerprint density at radius 2 is 2.05 bits per heavy atom. The highest BCUT2D eigenvalue weighted by Gasteiger charge is 2.13. The van der Waals surface area contributed by atoms with Crippen LogP contribution in [-0.2, 0) is 6.54 Å². The van der Waals surface area contributed by atoms with E-state index in [4.69, 9.17) is 10.2 Å². The molecule has 0 aliphatic heterocycles. The molecule has 2 N–H and O–H groups in total. The number of rotatable bonds is 4. The summed E-state index contributed by atoms with van der Waals surface area (Å²) in [5, 5.41) is 0. The number of nitrogens with two attached hydrogens (primary N) is 1. The Kier molecular flexibility index (Phi) is 3.48. The zero-order valence-electron chi connectivity index (χ0n) is 11.7. The van der Waals surface area contributed by atoms with E-state index in [2.05, 4.69) is 4.98 Å². The maximum Gasteiger partial charge on any atom is 0.215 e. The van der Waals surface area contributed by atoms with Crippen LogP contribution in [0, 0.1) is 5.82 Å². The lowest BCUT2D eigenvalue weighted by Gasteiger charge is -2.21. The lowest BCUT2D eigenvalue weighted by Crippen LogP contribution is -2.23. The molecule has 4 nitrogen and oxygen atoms in total. The van der Waals surface area contributed by atoms with Gasteiger partial charge >= 0.3 is 0 Å². The molecule has 0 spiro atoms. The predicted molar refractivity (Wildman–Crippen MR) is 81.5 cm³/mol. The van der Waals surface area contributed by atoms with Crippen LogP contribution in [0.15, 0.2) is 46.9 Å². The van der Waals surface area contributed by atoms with Crippen molar-refractivity contribution < 1.29 is 8.81 Å². The van der Waals surface area contributed by atoms with Crippen LogP contribution in [0.5, 0.6) is 0 Å². The third kappa shape index (κ3) is 2.67. The first-order chi connectivity index (χ1) is 10.2. The van der Waals surface area contributed by atoms with Gasteiger partial charge in [0.25, 0.3) is 0 Å². The van der Waals surface area contributed by atoms with E-state index in [1.54, 1.807) is 30.3 Å². The van der Waals surface area contributed by atoms with E-state index < -0.39 is 0 Å². The molecule has 0 saturated heterocycles. The summed E-state index contributed by atoms with van der Waals surface area (Å²) >= 11 is 0. The van der Waals surface area contributed by atoms with Crippen LogP contribution < -0.4 is 10.6 Å². The maximum atomic E-state index is 13.9. The Morgan fingerprint density at radius 3 is 2.81 bits per heavy atom. The number of para-hydroxylation sites is 1. The number of anilines is 2. The molecule has 3 aromatic rings. The number of oxazole rings is 1. The molecule has 21 heavy (non-hydrogen) atoms. The number of hydrogen-bond acceptors (Lipinski definition) is 4. The molecular formula is C16H16FN3O. The SMILES string of the molecule is CCN(Cc1nc2cc(N)ccc2o1)c1ccccc1F. The average Bonchev–Trinajstić information content (AvgIpc) is 2.87. The minimum Gasteiger partial charge on any atom is -0.439 e. The van der Waals surface area contributed by atoms with Crippen LogP contribution in [0.25, 0.3) is 11.1 Å². The molecule has 0 radical (unpaired) electrons. The number of hydrogen-bond donors (Lipinski definition) is 1. The summed E-state index contributed by atoms with van der Waals surface area (Å²) < 4.78 is 19.6. The van der Waals surface area contributed by atoms with Crippen molar-refractivity contribution >= 4 is 22.5 Å². The molecule has 108 valence electrons. The predicted octanol–water partition coefficient (Wildman–Crippen LogP) is 3.58. The number of fused-ring (bicyclic) bond motifs is 1. The van der Waals surface area contributed by atoms with E-state index in [-0.39, 0.29) is 5.82 Å². The van der Waals surface area contributed by atoms with E-state index in [1.165, 1.54) is 6.07 Å². The summed E-state index contributed by atoms with van der Waals surface area (Å²) in [5.74, 6) is 0.292. The van der Waals surface area contributed by atoms with Crippen molar-refractivity contribution in [1.82, 2.24) is 4.98 Å². The average molecular weight is 285 g/mol. The summed E-state index contributed by atoms with van der Waals surface area (Å²) in [6.07, 6.45) is 0. The maximum absolute atomic E-state index is 13.9. The molecule has 0 unspecified atom stereocenters. The Balaban J connectivity index is 1.90. The van der Waals surface area contributed by atoms with Gasteiger partial charge in [-0.2, -0.15) is 0 Å². The molecule has 0 amide bonds. The molecule has 2 aromatic carbocycles. The second-order valence-corrected chi connectivity index (χ2v) is 4.80. The Morgan fingerprint density at radius 1 is 1.24 bits per heavy atom. The molecule has 0 bridgehead atoms. The molecule has 1 heterocycles. The fourth-order valence-corrected chi connectivity index (χ4v) is 2.30. The number of halogens is 1. The fourth-order valence-electron chi connectivity index (χ4n) is 2.30. The molecule has 0 aliphatic carbocycles. The molecular weight excluding hydrogens is 269 g/mol. The number of nitrogen functional groups attached to an aromatic ring is 1. The first-order valence-electron chi connectivity index (χ1n) is 6.82. The number of benzene rings is 2. The summed E-state index contributed by atoms with van der Waals surface area (Å²) in [4.78, 5) is 6.28. The van der Waals surface area contributed by atoms with E-state index in [0.717, 1.165) is 5.52 Å². The first kappa shape index (κ1) is 13.4. The molecule has 0 aliphatic rings. The second kappa shape index (κ2) is 5.44. The second-order valence-electron chi connectivity index (χ2n) is 4.80. The van der Waals surface area contributed by atoms with Crippen molar-refractivity contribution in [2.24, 2.45) is 0 Å². The van der Waals surface area contributed by atoms with Gasteiger partial charge in [0.05, 0.1) is 12.2 Å². The molecule has 3 rings (SSSR count). The fraction of sp³-hybridized carbons (Fsp3) is 0.188. The molecule has 1 aromatic heterocycles. The number of nitrogens with zero attached hydrogens (tertiary/aromatic N) is 2. The van der Waals surface area contributed by atoms with Gasteiger partial charge in [-0.25, -0.2) is 9.37 Å². The highest BCUT2D eigenvalue weighted by atomic mass is 19.1. The minimum absolute atomic E-state index is 0.250. The molecule has 0 fully saturated rings. The van der Waals surface area contributed by atoms with Gasteiger partial charge in [-0.3, -0.25) is 0 Å². The van der Waals surface area contributed by atoms with Gasteiger partial charge in [0.15, 0.2) is 5.58 Å². The summed E-state index contributed by atoms with van der Waals surface area (Å²) in [6.45, 7) is 3.03. The third-order valence-electron chi connectivity index (χ3n) is 3.36. The summed E-state index contributed by atoms with van der Waals surface area (Å²) in [7, 11) is 0. The Hall–Kier alpha value is -2.56. The topological polar surface area (TPSA) is 55.3 Å². The van der Waals surface area contributed by atoms with Crippen LogP contribution in [-0.4, -0.2) is 11.5 Å². The van der Waals surface area contributed by atoms with Gasteiger partial charge in [0, 0.05) is 12.2 Å². The largest absolute Gasteiger partial charge is 0.439 e. The number of aromatic nitrogens is 1. The normalized spacial score (nSPS) is 11.0. The van der Waals surface area contributed by atoms with Crippen molar-refractivity contribution in [1.29, 1.82) is 0 Å². The summed E-state index contributed by atoms with van der Waals surface area (Å²) in [5.41, 5.74) is 8.32. The van der Waals surface area contributed by atoms with Crippen molar-refractivity contribution in [2.75, 3.05) is 17.2 Å². The minimum atomic E-state index is -0.250. The standard InChI is InChI=1S/C16H16FN3O/c1-2-20(14-6-4-3-5-12(14)17)10-16-19-13-9-11(18)7-8-15(13)21-16/h3-9H,2,10,18H2,1H3. The highest BCUT2D eigenvalue weighted by Crippen LogP contribution is 2.23. The van der Waals surface area contributed by atoms with Crippen LogP contribution >= 0.6 is 0 Å². The molecule has 0 saturated carbocycles. The third-order valence-corrected chi connectivity index (χ3v) is 3.36. The van der Waals surface area contributed by atoms with E-state index in [0.29, 0.717) is 35.9 Å². The highest BCUT2D eigenvalue weighted by molar-refractivity contribution is 5.76. The quantitative estimate of drug-likeness (QED) is 0.744. The van der Waals surface area contributed by atoms with E-state index in [9.17, 15) is 4.39 Å². The van der Waals surface area contributed by atoms with Crippen molar-refractivity contribution in [3.05, 3.63) is 54.2 Å². The first-order valence-corrected chi connectivity index (χ1v) is 6.82. The van der Waals surface area contributed by atoms with Crippen LogP contribution in [0.4, 0.5) is 15.8 Å². The van der Waals surface area contributed by atoms with Gasteiger partial charge in [-0.15, -0.1) is 0 Å². The lowest BCUT2D eigenvalue weighted by molar-refractivity contribution is 0.518. The van der Waals surface area contributed by atoms with Crippen molar-refractivity contribution in [2.45, 2.75) is 13.5 Å². The zero-order chi connectivity index (χ0) is 14.8. The van der Waals surface area contributed by atoms with Crippen molar-refractivity contribution in [3.63, 3.8) is 0 Å². The zero-order valence-corrected chi connectivity index (χ0v) is 11.7. The Labute approximate surface area is 122 Å². The van der Waals surface area contributed by atoms with Crippen LogP contribution in [0.2, 0.25) is 0 Å². The molecule has 0 atom stereocenters. The van der Waals surface area contributed by atoms with Gasteiger partial charge < -0.3 is 15.1 Å². The van der Waals surface area contributed by atoms with Crippen molar-refractivity contribution in [3.8, 4) is 0 Å². The van der Waals surface area contributed by atoms with Crippen LogP contribution in [0.3, 0.4) is 0 Å². The monoisotopic (exact) mass is 285 g/mol. The van der Waals surface area contributed by atoms with Gasteiger partial charge in [0.2, 0.25) is 5.89 Å². The van der Waals surface area contributed by atoms with Gasteiger partial charge in [0.1, 0.15) is 11.3 Å². The van der Waals surface area contributed by atoms with E-state index >= 15 is 0 Å². The van der Waals surface area contributed by atoms with E-state index in [1.807, 2.05) is 17.9 Å². The van der Waals surface area contributed by atoms with Gasteiger partial charge in [-0.05, 0) is 37.3 Å². The van der Waals surface area contributed by atoms with Crippen LogP contribution in [0.1, 0.15) is 12.8 Å². The molecule has 5 heteroatoms. The summed E-state index contributed by atoms with van der Waals surface area (Å²) in [6, 6.07) is 12.0. The lowest BCUT2D eigenvalue weighted by atomic mass is 10.2. The Bertz CT molecular complexity index is 769.